The van der Waals surface area contributed by atoms with Gasteiger partial charge < -0.3 is 9.64 Å². The molecule has 3 nitrogen and oxygen atoms in total. The second-order valence-corrected chi connectivity index (χ2v) is 3.46. The van der Waals surface area contributed by atoms with E-state index in [4.69, 9.17) is 10.1 Å². The molecule has 0 atom stereocenters. The first kappa shape index (κ1) is 11.6. The molecule has 82 valence electrons. The number of nitrogens with zero attached hydrogens (tertiary/aromatic N) is 1. The van der Waals surface area contributed by atoms with Crippen molar-refractivity contribution in [3.8, 4) is 5.75 Å². The largest absolute Gasteiger partial charge is 0.497 e. The van der Waals surface area contributed by atoms with Crippen molar-refractivity contribution in [2.75, 3.05) is 19.1 Å². The molecular weight excluding hydrogens is 188 g/mol. The number of methoxy groups -OCH3 is 1. The molecule has 0 aliphatic heterocycles. The molecule has 1 aromatic rings. The van der Waals surface area contributed by atoms with Gasteiger partial charge in [0.1, 0.15) is 5.75 Å². The van der Waals surface area contributed by atoms with E-state index in [0.717, 1.165) is 24.3 Å². The minimum atomic E-state index is 0.630. The predicted octanol–water partition coefficient (Wildman–Crippen LogP) is 2.91. The van der Waals surface area contributed by atoms with E-state index >= 15 is 0 Å². The summed E-state index contributed by atoms with van der Waals surface area (Å²) in [6, 6.07) is 7.75. The Balaban J connectivity index is 2.81. The number of nitrogens with one attached hydrogen (secondary N) is 1. The molecule has 1 rings (SSSR count). The third-order valence-electron chi connectivity index (χ3n) is 2.33. The van der Waals surface area contributed by atoms with Crippen LogP contribution in [0.25, 0.3) is 0 Å². The van der Waals surface area contributed by atoms with Crippen LogP contribution in [0.3, 0.4) is 0 Å². The van der Waals surface area contributed by atoms with Crippen molar-refractivity contribution < 1.29 is 4.74 Å². The molecule has 1 aromatic carbocycles. The summed E-state index contributed by atoms with van der Waals surface area (Å²) >= 11 is 0. The number of ether oxygens (including phenoxy) is 1. The Morgan fingerprint density at radius 3 is 2.80 bits per heavy atom. The molecule has 0 saturated heterocycles. The smallest absolute Gasteiger partial charge is 0.120 e. The van der Waals surface area contributed by atoms with Crippen molar-refractivity contribution in [2.24, 2.45) is 0 Å². The second kappa shape index (κ2) is 5.39. The summed E-state index contributed by atoms with van der Waals surface area (Å²) in [4.78, 5) is 1.88. The van der Waals surface area contributed by atoms with Crippen LogP contribution in [-0.4, -0.2) is 20.0 Å². The Morgan fingerprint density at radius 2 is 2.20 bits per heavy atom. The number of anilines is 1. The molecule has 15 heavy (non-hydrogen) atoms. The lowest BCUT2D eigenvalue weighted by Crippen LogP contribution is -2.24. The minimum absolute atomic E-state index is 0.630. The second-order valence-electron chi connectivity index (χ2n) is 3.46. The highest BCUT2D eigenvalue weighted by molar-refractivity contribution is 5.95. The lowest BCUT2D eigenvalue weighted by atomic mass is 10.2. The first-order valence-electron chi connectivity index (χ1n) is 5.14. The maximum absolute atomic E-state index is 7.84. The molecule has 0 saturated carbocycles. The van der Waals surface area contributed by atoms with Crippen LogP contribution in [0.2, 0.25) is 0 Å². The van der Waals surface area contributed by atoms with Crippen LogP contribution in [0.1, 0.15) is 19.8 Å². The molecule has 0 radical (unpaired) electrons. The van der Waals surface area contributed by atoms with Crippen molar-refractivity contribution in [3.05, 3.63) is 24.3 Å². The highest BCUT2D eigenvalue weighted by Gasteiger charge is 2.06. The van der Waals surface area contributed by atoms with E-state index in [1.54, 1.807) is 7.11 Å². The quantitative estimate of drug-likeness (QED) is 0.607. The zero-order chi connectivity index (χ0) is 11.3. The predicted molar refractivity (Wildman–Crippen MR) is 64.0 cm³/mol. The third kappa shape index (κ3) is 2.98. The molecule has 0 fully saturated rings. The molecule has 0 unspecified atom stereocenters. The fourth-order valence-corrected chi connectivity index (χ4v) is 1.38. The summed E-state index contributed by atoms with van der Waals surface area (Å²) in [7, 11) is 3.56. The van der Waals surface area contributed by atoms with Gasteiger partial charge in [-0.05, 0) is 18.6 Å². The maximum atomic E-state index is 7.84. The van der Waals surface area contributed by atoms with Crippen molar-refractivity contribution in [1.82, 2.24) is 0 Å². The molecule has 0 spiro atoms. The lowest BCUT2D eigenvalue weighted by Gasteiger charge is -2.20. The Hall–Kier alpha value is -1.51. The molecule has 0 amide bonds. The topological polar surface area (TPSA) is 36.3 Å². The van der Waals surface area contributed by atoms with Crippen molar-refractivity contribution in [1.29, 1.82) is 5.41 Å². The number of rotatable bonds is 4. The van der Waals surface area contributed by atoms with Crippen LogP contribution < -0.4 is 9.64 Å². The van der Waals surface area contributed by atoms with E-state index in [1.807, 2.05) is 36.2 Å². The van der Waals surface area contributed by atoms with Gasteiger partial charge in [0.25, 0.3) is 0 Å². The molecule has 0 heterocycles. The monoisotopic (exact) mass is 206 g/mol. The normalized spacial score (nSPS) is 9.80. The van der Waals surface area contributed by atoms with Gasteiger partial charge in [-0.15, -0.1) is 0 Å². The molecule has 0 bridgehead atoms. The number of benzene rings is 1. The van der Waals surface area contributed by atoms with Gasteiger partial charge in [0.05, 0.1) is 12.9 Å². The third-order valence-corrected chi connectivity index (χ3v) is 2.33. The van der Waals surface area contributed by atoms with Gasteiger partial charge in [-0.1, -0.05) is 13.0 Å². The average molecular weight is 206 g/mol. The number of amidine groups is 1. The van der Waals surface area contributed by atoms with Crippen LogP contribution in [-0.2, 0) is 0 Å². The first-order chi connectivity index (χ1) is 7.19. The van der Waals surface area contributed by atoms with Crippen LogP contribution >= 0.6 is 0 Å². The molecule has 0 aromatic heterocycles. The van der Waals surface area contributed by atoms with E-state index in [2.05, 4.69) is 6.92 Å². The summed E-state index contributed by atoms with van der Waals surface area (Å²) in [5.41, 5.74) is 0.993. The lowest BCUT2D eigenvalue weighted by molar-refractivity contribution is 0.415. The Labute approximate surface area is 91.2 Å². The summed E-state index contributed by atoms with van der Waals surface area (Å²) in [6.07, 6.45) is 1.79. The first-order valence-corrected chi connectivity index (χ1v) is 5.14. The van der Waals surface area contributed by atoms with Crippen LogP contribution in [0.5, 0.6) is 5.75 Å². The van der Waals surface area contributed by atoms with Gasteiger partial charge in [-0.2, -0.15) is 0 Å². The van der Waals surface area contributed by atoms with Crippen LogP contribution in [0, 0.1) is 5.41 Å². The Morgan fingerprint density at radius 1 is 1.47 bits per heavy atom. The van der Waals surface area contributed by atoms with E-state index in [9.17, 15) is 0 Å². The Kier molecular flexibility index (Phi) is 4.16. The van der Waals surface area contributed by atoms with Gasteiger partial charge in [0, 0.05) is 25.2 Å². The SMILES string of the molecule is CCCC(=N)N(C)c1cccc(OC)c1. The molecule has 0 aliphatic carbocycles. The highest BCUT2D eigenvalue weighted by Crippen LogP contribution is 2.20. The maximum Gasteiger partial charge on any atom is 0.120 e. The summed E-state index contributed by atoms with van der Waals surface area (Å²) < 4.78 is 5.15. The van der Waals surface area contributed by atoms with E-state index in [-0.39, 0.29) is 0 Å². The van der Waals surface area contributed by atoms with Crippen molar-refractivity contribution in [3.63, 3.8) is 0 Å². The van der Waals surface area contributed by atoms with Crippen molar-refractivity contribution >= 4 is 11.5 Å². The molecule has 0 aliphatic rings. The molecule has 1 N–H and O–H groups in total. The van der Waals surface area contributed by atoms with E-state index < -0.39 is 0 Å². The van der Waals surface area contributed by atoms with Crippen LogP contribution in [0.4, 0.5) is 5.69 Å². The van der Waals surface area contributed by atoms with Gasteiger partial charge in [-0.25, -0.2) is 0 Å². The minimum Gasteiger partial charge on any atom is -0.497 e. The van der Waals surface area contributed by atoms with E-state index in [1.165, 1.54) is 0 Å². The standard InChI is InChI=1S/C12H18N2O/c1-4-6-12(13)14(2)10-7-5-8-11(9-10)15-3/h5,7-9,13H,4,6H2,1-3H3. The molecular formula is C12H18N2O. The number of hydrogen-bond donors (Lipinski definition) is 1. The Bertz CT molecular complexity index is 336. The fourth-order valence-electron chi connectivity index (χ4n) is 1.38. The van der Waals surface area contributed by atoms with Gasteiger partial charge >= 0.3 is 0 Å². The average Bonchev–Trinajstić information content (AvgIpc) is 2.28. The number of hydrogen-bond acceptors (Lipinski definition) is 2. The summed E-state index contributed by atoms with van der Waals surface area (Å²) in [6.45, 7) is 2.08. The van der Waals surface area contributed by atoms with Gasteiger partial charge in [0.15, 0.2) is 0 Å². The summed E-state index contributed by atoms with van der Waals surface area (Å²) in [5.74, 6) is 1.45. The van der Waals surface area contributed by atoms with E-state index in [0.29, 0.717) is 5.84 Å². The zero-order valence-corrected chi connectivity index (χ0v) is 9.58. The summed E-state index contributed by atoms with van der Waals surface area (Å²) in [5, 5.41) is 7.84. The van der Waals surface area contributed by atoms with Gasteiger partial charge in [-0.3, -0.25) is 5.41 Å². The fraction of sp³-hybridized carbons (Fsp3) is 0.417. The van der Waals surface area contributed by atoms with Gasteiger partial charge in [0.2, 0.25) is 0 Å². The zero-order valence-electron chi connectivity index (χ0n) is 9.58. The highest BCUT2D eigenvalue weighted by atomic mass is 16.5. The molecule has 3 heteroatoms. The van der Waals surface area contributed by atoms with Crippen LogP contribution in [0.15, 0.2) is 24.3 Å². The van der Waals surface area contributed by atoms with Crippen molar-refractivity contribution in [2.45, 2.75) is 19.8 Å².